The van der Waals surface area contributed by atoms with Gasteiger partial charge in [-0.05, 0) is 6.42 Å². The molecule has 2 aromatic rings. The van der Waals surface area contributed by atoms with Crippen LogP contribution in [0.3, 0.4) is 0 Å². The minimum Gasteiger partial charge on any atom is -0.311 e. The normalized spacial score (nSPS) is 10.5. The fourth-order valence-corrected chi connectivity index (χ4v) is 1.41. The first-order valence-electron chi connectivity index (χ1n) is 4.86. The first-order valence-corrected chi connectivity index (χ1v) is 4.86. The first-order chi connectivity index (χ1) is 7.33. The summed E-state index contributed by atoms with van der Waals surface area (Å²) in [7, 11) is 0. The molecule has 0 saturated heterocycles. The minimum absolute atomic E-state index is 0.0858. The van der Waals surface area contributed by atoms with E-state index in [0.717, 1.165) is 6.42 Å². The van der Waals surface area contributed by atoms with Crippen molar-refractivity contribution in [1.29, 1.82) is 0 Å². The van der Waals surface area contributed by atoms with Gasteiger partial charge in [0.25, 0.3) is 5.56 Å². The Morgan fingerprint density at radius 1 is 1.33 bits per heavy atom. The van der Waals surface area contributed by atoms with Crippen molar-refractivity contribution in [1.82, 2.24) is 19.1 Å². The average molecular weight is 204 g/mol. The van der Waals surface area contributed by atoms with Gasteiger partial charge in [-0.2, -0.15) is 0 Å². The SMILES string of the molecule is CCCn1ccnc(-n2ccnc2)c1=O. The molecule has 2 heterocycles. The smallest absolute Gasteiger partial charge is 0.294 e. The van der Waals surface area contributed by atoms with Crippen molar-refractivity contribution in [2.45, 2.75) is 19.9 Å². The Morgan fingerprint density at radius 2 is 2.20 bits per heavy atom. The number of hydrogen-bond donors (Lipinski definition) is 0. The fourth-order valence-electron chi connectivity index (χ4n) is 1.41. The van der Waals surface area contributed by atoms with Gasteiger partial charge in [0, 0.05) is 31.3 Å². The molecule has 0 unspecified atom stereocenters. The maximum Gasteiger partial charge on any atom is 0.294 e. The molecule has 0 aliphatic heterocycles. The van der Waals surface area contributed by atoms with Crippen LogP contribution in [0.15, 0.2) is 35.9 Å². The number of rotatable bonds is 3. The van der Waals surface area contributed by atoms with E-state index in [1.165, 1.54) is 0 Å². The molecule has 15 heavy (non-hydrogen) atoms. The van der Waals surface area contributed by atoms with Gasteiger partial charge in [-0.3, -0.25) is 9.36 Å². The third-order valence-electron chi connectivity index (χ3n) is 2.11. The highest BCUT2D eigenvalue weighted by Gasteiger charge is 2.05. The van der Waals surface area contributed by atoms with E-state index >= 15 is 0 Å². The number of hydrogen-bond acceptors (Lipinski definition) is 3. The second-order valence-electron chi connectivity index (χ2n) is 3.22. The Morgan fingerprint density at radius 3 is 2.87 bits per heavy atom. The predicted molar refractivity (Wildman–Crippen MR) is 55.9 cm³/mol. The van der Waals surface area contributed by atoms with Crippen LogP contribution in [0.1, 0.15) is 13.3 Å². The summed E-state index contributed by atoms with van der Waals surface area (Å²) in [4.78, 5) is 19.9. The molecule has 0 bridgehead atoms. The molecule has 0 aromatic carbocycles. The van der Waals surface area contributed by atoms with Crippen molar-refractivity contribution in [3.8, 4) is 5.82 Å². The van der Waals surface area contributed by atoms with Crippen molar-refractivity contribution < 1.29 is 0 Å². The van der Waals surface area contributed by atoms with E-state index in [1.54, 1.807) is 40.2 Å². The molecule has 2 rings (SSSR count). The van der Waals surface area contributed by atoms with Crippen LogP contribution in [0, 0.1) is 0 Å². The van der Waals surface area contributed by atoms with E-state index in [9.17, 15) is 4.79 Å². The Balaban J connectivity index is 2.50. The van der Waals surface area contributed by atoms with Gasteiger partial charge in [-0.15, -0.1) is 0 Å². The number of nitrogens with zero attached hydrogens (tertiary/aromatic N) is 4. The van der Waals surface area contributed by atoms with E-state index in [0.29, 0.717) is 12.4 Å². The topological polar surface area (TPSA) is 52.7 Å². The molecule has 0 fully saturated rings. The molecular weight excluding hydrogens is 192 g/mol. The summed E-state index contributed by atoms with van der Waals surface area (Å²) in [5, 5.41) is 0. The van der Waals surface area contributed by atoms with E-state index in [1.807, 2.05) is 6.92 Å². The van der Waals surface area contributed by atoms with Crippen LogP contribution >= 0.6 is 0 Å². The van der Waals surface area contributed by atoms with E-state index in [-0.39, 0.29) is 5.56 Å². The summed E-state index contributed by atoms with van der Waals surface area (Å²) in [5.74, 6) is 0.392. The first kappa shape index (κ1) is 9.64. The average Bonchev–Trinajstić information content (AvgIpc) is 2.74. The summed E-state index contributed by atoms with van der Waals surface area (Å²) in [5.41, 5.74) is -0.0858. The lowest BCUT2D eigenvalue weighted by Crippen LogP contribution is -2.24. The van der Waals surface area contributed by atoms with E-state index in [4.69, 9.17) is 0 Å². The van der Waals surface area contributed by atoms with E-state index in [2.05, 4.69) is 9.97 Å². The summed E-state index contributed by atoms with van der Waals surface area (Å²) in [6.07, 6.45) is 9.16. The minimum atomic E-state index is -0.0858. The molecule has 78 valence electrons. The van der Waals surface area contributed by atoms with Crippen LogP contribution in [0.4, 0.5) is 0 Å². The van der Waals surface area contributed by atoms with Crippen LogP contribution in [0.2, 0.25) is 0 Å². The number of aryl methyl sites for hydroxylation is 1. The lowest BCUT2D eigenvalue weighted by molar-refractivity contribution is 0.642. The largest absolute Gasteiger partial charge is 0.311 e. The summed E-state index contributed by atoms with van der Waals surface area (Å²) in [6.45, 7) is 2.74. The fraction of sp³-hybridized carbons (Fsp3) is 0.300. The third-order valence-corrected chi connectivity index (χ3v) is 2.11. The Hall–Kier alpha value is -1.91. The van der Waals surface area contributed by atoms with Gasteiger partial charge in [0.1, 0.15) is 6.33 Å². The monoisotopic (exact) mass is 204 g/mol. The zero-order valence-corrected chi connectivity index (χ0v) is 8.50. The summed E-state index contributed by atoms with van der Waals surface area (Å²) < 4.78 is 3.27. The second-order valence-corrected chi connectivity index (χ2v) is 3.22. The van der Waals surface area contributed by atoms with Crippen LogP contribution in [0.25, 0.3) is 5.82 Å². The molecular formula is C10H12N4O. The van der Waals surface area contributed by atoms with Crippen LogP contribution in [0.5, 0.6) is 0 Å². The van der Waals surface area contributed by atoms with Gasteiger partial charge in [-0.25, -0.2) is 9.97 Å². The van der Waals surface area contributed by atoms with Gasteiger partial charge in [0.05, 0.1) is 0 Å². The molecule has 0 amide bonds. The molecule has 0 aliphatic carbocycles. The van der Waals surface area contributed by atoms with Gasteiger partial charge in [0.15, 0.2) is 0 Å². The molecule has 0 saturated carbocycles. The number of aromatic nitrogens is 4. The van der Waals surface area contributed by atoms with Crippen molar-refractivity contribution in [3.63, 3.8) is 0 Å². The van der Waals surface area contributed by atoms with Crippen molar-refractivity contribution in [2.24, 2.45) is 0 Å². The molecule has 0 atom stereocenters. The molecule has 0 aliphatic rings. The Labute approximate surface area is 87.0 Å². The van der Waals surface area contributed by atoms with Gasteiger partial charge in [-0.1, -0.05) is 6.92 Å². The van der Waals surface area contributed by atoms with Gasteiger partial charge < -0.3 is 4.57 Å². The standard InChI is InChI=1S/C10H12N4O/c1-2-5-13-7-4-12-9(10(13)15)14-6-3-11-8-14/h3-4,6-8H,2,5H2,1H3. The van der Waals surface area contributed by atoms with E-state index < -0.39 is 0 Å². The van der Waals surface area contributed by atoms with Crippen LogP contribution in [-0.4, -0.2) is 19.1 Å². The molecule has 5 nitrogen and oxygen atoms in total. The lowest BCUT2D eigenvalue weighted by Gasteiger charge is -2.05. The Bertz CT molecular complexity index is 486. The lowest BCUT2D eigenvalue weighted by atomic mass is 10.4. The maximum atomic E-state index is 11.9. The highest BCUT2D eigenvalue weighted by Crippen LogP contribution is 1.96. The quantitative estimate of drug-likeness (QED) is 0.744. The maximum absolute atomic E-state index is 11.9. The molecule has 0 spiro atoms. The third kappa shape index (κ3) is 1.81. The second kappa shape index (κ2) is 4.08. The van der Waals surface area contributed by atoms with Gasteiger partial charge >= 0.3 is 0 Å². The predicted octanol–water partition coefficient (Wildman–Crippen LogP) is 0.839. The van der Waals surface area contributed by atoms with Crippen molar-refractivity contribution in [3.05, 3.63) is 41.5 Å². The number of imidazole rings is 1. The molecule has 2 aromatic heterocycles. The molecule has 0 N–H and O–H groups in total. The highest BCUT2D eigenvalue weighted by atomic mass is 16.1. The van der Waals surface area contributed by atoms with Crippen LogP contribution < -0.4 is 5.56 Å². The summed E-state index contributed by atoms with van der Waals surface area (Å²) in [6, 6.07) is 0. The highest BCUT2D eigenvalue weighted by molar-refractivity contribution is 5.17. The van der Waals surface area contributed by atoms with Gasteiger partial charge in [0.2, 0.25) is 5.82 Å². The molecule has 5 heteroatoms. The van der Waals surface area contributed by atoms with Crippen molar-refractivity contribution >= 4 is 0 Å². The van der Waals surface area contributed by atoms with Crippen LogP contribution in [-0.2, 0) is 6.54 Å². The van der Waals surface area contributed by atoms with Crippen molar-refractivity contribution in [2.75, 3.05) is 0 Å². The zero-order valence-electron chi connectivity index (χ0n) is 8.50. The molecule has 0 radical (unpaired) electrons. The zero-order chi connectivity index (χ0) is 10.7. The summed E-state index contributed by atoms with van der Waals surface area (Å²) >= 11 is 0. The Kier molecular flexibility index (Phi) is 2.62.